The summed E-state index contributed by atoms with van der Waals surface area (Å²) in [4.78, 5) is 32.5. The second-order valence-electron chi connectivity index (χ2n) is 7.21. The Balaban J connectivity index is 1.81. The first-order valence-corrected chi connectivity index (χ1v) is 10.8. The molecule has 1 unspecified atom stereocenters. The SMILES string of the molecule is CCOc1ccc(/C(O)=C2/C(=O)C(=O)N(Cc3cccnc3)C2c2sccc2C)cc1. The molecule has 1 aromatic carbocycles. The van der Waals surface area contributed by atoms with Crippen LogP contribution in [-0.4, -0.2) is 33.3 Å². The smallest absolute Gasteiger partial charge is 0.295 e. The first-order chi connectivity index (χ1) is 15.0. The third kappa shape index (κ3) is 3.96. The highest BCUT2D eigenvalue weighted by Gasteiger charge is 2.47. The predicted octanol–water partition coefficient (Wildman–Crippen LogP) is 4.47. The molecule has 1 atom stereocenters. The molecule has 0 radical (unpaired) electrons. The molecule has 31 heavy (non-hydrogen) atoms. The number of ether oxygens (including phenoxy) is 1. The van der Waals surface area contributed by atoms with Crippen LogP contribution in [0.2, 0.25) is 0 Å². The van der Waals surface area contributed by atoms with Gasteiger partial charge in [0, 0.05) is 29.4 Å². The standard InChI is InChI=1S/C24H22N2O4S/c1-3-30-18-8-6-17(7-9-18)21(27)19-20(23-15(2)10-12-31-23)26(24(29)22(19)28)14-16-5-4-11-25-13-16/h4-13,20,27H,3,14H2,1-2H3/b21-19-. The number of aromatic nitrogens is 1. The Morgan fingerprint density at radius 3 is 2.58 bits per heavy atom. The van der Waals surface area contributed by atoms with Crippen LogP contribution < -0.4 is 4.74 Å². The number of hydrogen-bond acceptors (Lipinski definition) is 6. The van der Waals surface area contributed by atoms with Gasteiger partial charge >= 0.3 is 0 Å². The Kier molecular flexibility index (Phi) is 5.86. The van der Waals surface area contributed by atoms with E-state index in [2.05, 4.69) is 4.98 Å². The summed E-state index contributed by atoms with van der Waals surface area (Å²) in [5.74, 6) is -0.836. The summed E-state index contributed by atoms with van der Waals surface area (Å²) in [5, 5.41) is 13.0. The number of benzene rings is 1. The number of aliphatic hydroxyl groups is 1. The van der Waals surface area contributed by atoms with Gasteiger partial charge in [-0.2, -0.15) is 0 Å². The summed E-state index contributed by atoms with van der Waals surface area (Å²) >= 11 is 1.46. The highest BCUT2D eigenvalue weighted by molar-refractivity contribution is 7.10. The molecule has 3 aromatic rings. The molecule has 158 valence electrons. The normalized spacial score (nSPS) is 17.9. The lowest BCUT2D eigenvalue weighted by Gasteiger charge is -2.25. The number of pyridine rings is 1. The van der Waals surface area contributed by atoms with E-state index < -0.39 is 17.7 Å². The van der Waals surface area contributed by atoms with Gasteiger partial charge in [-0.3, -0.25) is 14.6 Å². The molecule has 0 bridgehead atoms. The lowest BCUT2D eigenvalue weighted by atomic mass is 9.98. The lowest BCUT2D eigenvalue weighted by Crippen LogP contribution is -2.29. The molecule has 0 saturated carbocycles. The summed E-state index contributed by atoms with van der Waals surface area (Å²) in [6.07, 6.45) is 3.33. The molecule has 1 aliphatic rings. The van der Waals surface area contributed by atoms with Gasteiger partial charge in [0.15, 0.2) is 0 Å². The van der Waals surface area contributed by atoms with E-state index >= 15 is 0 Å². The number of aryl methyl sites for hydroxylation is 1. The van der Waals surface area contributed by atoms with Crippen molar-refractivity contribution in [1.82, 2.24) is 9.88 Å². The molecule has 1 aliphatic heterocycles. The van der Waals surface area contributed by atoms with Crippen molar-refractivity contribution in [3.8, 4) is 5.75 Å². The van der Waals surface area contributed by atoms with Crippen LogP contribution in [0.4, 0.5) is 0 Å². The van der Waals surface area contributed by atoms with E-state index in [1.165, 1.54) is 16.2 Å². The minimum Gasteiger partial charge on any atom is -0.507 e. The number of aliphatic hydroxyl groups excluding tert-OH is 1. The molecule has 4 rings (SSSR count). The summed E-state index contributed by atoms with van der Waals surface area (Å²) in [6.45, 7) is 4.58. The van der Waals surface area contributed by atoms with Gasteiger partial charge in [-0.05, 0) is 66.8 Å². The lowest BCUT2D eigenvalue weighted by molar-refractivity contribution is -0.140. The van der Waals surface area contributed by atoms with Crippen molar-refractivity contribution in [2.24, 2.45) is 0 Å². The second-order valence-corrected chi connectivity index (χ2v) is 8.16. The Hall–Kier alpha value is -3.45. The van der Waals surface area contributed by atoms with E-state index in [0.717, 1.165) is 16.0 Å². The van der Waals surface area contributed by atoms with Crippen LogP contribution in [0.15, 0.2) is 65.8 Å². The van der Waals surface area contributed by atoms with Crippen LogP contribution in [0, 0.1) is 6.92 Å². The number of Topliss-reactive ketones (excluding diaryl/α,β-unsaturated/α-hetero) is 1. The van der Waals surface area contributed by atoms with Crippen molar-refractivity contribution in [2.45, 2.75) is 26.4 Å². The van der Waals surface area contributed by atoms with Gasteiger partial charge in [0.25, 0.3) is 11.7 Å². The van der Waals surface area contributed by atoms with Crippen LogP contribution in [0.25, 0.3) is 5.76 Å². The molecule has 0 spiro atoms. The molecule has 3 heterocycles. The van der Waals surface area contributed by atoms with Crippen LogP contribution in [0.5, 0.6) is 5.75 Å². The Morgan fingerprint density at radius 2 is 1.97 bits per heavy atom. The number of hydrogen-bond donors (Lipinski definition) is 1. The zero-order chi connectivity index (χ0) is 22.0. The van der Waals surface area contributed by atoms with Crippen LogP contribution in [0.3, 0.4) is 0 Å². The largest absolute Gasteiger partial charge is 0.507 e. The summed E-state index contributed by atoms with van der Waals surface area (Å²) in [6, 6.07) is 11.8. The van der Waals surface area contributed by atoms with Gasteiger partial charge in [0.05, 0.1) is 12.2 Å². The first-order valence-electron chi connectivity index (χ1n) is 9.95. The van der Waals surface area contributed by atoms with Gasteiger partial charge in [-0.25, -0.2) is 0 Å². The maximum atomic E-state index is 13.1. The third-order valence-electron chi connectivity index (χ3n) is 5.20. The van der Waals surface area contributed by atoms with E-state index in [0.29, 0.717) is 17.9 Å². The molecular weight excluding hydrogens is 412 g/mol. The molecule has 1 amide bonds. The van der Waals surface area contributed by atoms with Crippen LogP contribution in [-0.2, 0) is 16.1 Å². The van der Waals surface area contributed by atoms with Crippen molar-refractivity contribution >= 4 is 28.8 Å². The molecule has 2 aromatic heterocycles. The maximum absolute atomic E-state index is 13.1. The van der Waals surface area contributed by atoms with E-state index in [9.17, 15) is 14.7 Å². The van der Waals surface area contributed by atoms with E-state index in [-0.39, 0.29) is 17.9 Å². The number of ketones is 1. The molecule has 6 nitrogen and oxygen atoms in total. The molecule has 1 saturated heterocycles. The number of carbonyl (C=O) groups excluding carboxylic acids is 2. The third-order valence-corrected chi connectivity index (χ3v) is 6.28. The zero-order valence-electron chi connectivity index (χ0n) is 17.2. The van der Waals surface area contributed by atoms with E-state index in [1.54, 1.807) is 42.7 Å². The Morgan fingerprint density at radius 1 is 1.19 bits per heavy atom. The topological polar surface area (TPSA) is 79.7 Å². The number of carbonyl (C=O) groups is 2. The van der Waals surface area contributed by atoms with Crippen molar-refractivity contribution < 1.29 is 19.4 Å². The van der Waals surface area contributed by atoms with Crippen molar-refractivity contribution in [3.63, 3.8) is 0 Å². The summed E-state index contributed by atoms with van der Waals surface area (Å²) in [5.41, 5.74) is 2.33. The van der Waals surface area contributed by atoms with Crippen molar-refractivity contribution in [3.05, 3.63) is 87.4 Å². The fourth-order valence-electron chi connectivity index (χ4n) is 3.70. The molecular formula is C24H22N2O4S. The van der Waals surface area contributed by atoms with Crippen LogP contribution in [0.1, 0.15) is 34.5 Å². The highest BCUT2D eigenvalue weighted by Crippen LogP contribution is 2.43. The Labute approximate surface area is 184 Å². The number of rotatable bonds is 6. The monoisotopic (exact) mass is 434 g/mol. The van der Waals surface area contributed by atoms with Gasteiger partial charge < -0.3 is 14.7 Å². The highest BCUT2D eigenvalue weighted by atomic mass is 32.1. The zero-order valence-corrected chi connectivity index (χ0v) is 18.1. The number of thiophene rings is 1. The van der Waals surface area contributed by atoms with Crippen LogP contribution >= 0.6 is 11.3 Å². The number of nitrogens with zero attached hydrogens (tertiary/aromatic N) is 2. The summed E-state index contributed by atoms with van der Waals surface area (Å²) in [7, 11) is 0. The van der Waals surface area contributed by atoms with E-state index in [4.69, 9.17) is 4.74 Å². The minimum atomic E-state index is -0.687. The number of likely N-dealkylation sites (tertiary alicyclic amines) is 1. The average molecular weight is 435 g/mol. The summed E-state index contributed by atoms with van der Waals surface area (Å²) < 4.78 is 5.45. The Bertz CT molecular complexity index is 1140. The van der Waals surface area contributed by atoms with Crippen molar-refractivity contribution in [1.29, 1.82) is 0 Å². The predicted molar refractivity (Wildman–Crippen MR) is 119 cm³/mol. The molecule has 0 aliphatic carbocycles. The molecule has 7 heteroatoms. The fourth-order valence-corrected chi connectivity index (χ4v) is 4.75. The minimum absolute atomic E-state index is 0.101. The molecule has 1 N–H and O–H groups in total. The first kappa shape index (κ1) is 20.8. The van der Waals surface area contributed by atoms with Gasteiger partial charge in [-0.1, -0.05) is 6.07 Å². The average Bonchev–Trinajstić information content (AvgIpc) is 3.30. The van der Waals surface area contributed by atoms with Gasteiger partial charge in [0.2, 0.25) is 0 Å². The van der Waals surface area contributed by atoms with Gasteiger partial charge in [-0.15, -0.1) is 11.3 Å². The van der Waals surface area contributed by atoms with E-state index in [1.807, 2.05) is 31.4 Å². The fraction of sp³-hybridized carbons (Fsp3) is 0.208. The van der Waals surface area contributed by atoms with Crippen molar-refractivity contribution in [2.75, 3.05) is 6.61 Å². The molecule has 1 fully saturated rings. The maximum Gasteiger partial charge on any atom is 0.295 e. The number of amides is 1. The van der Waals surface area contributed by atoms with Gasteiger partial charge in [0.1, 0.15) is 17.6 Å². The quantitative estimate of drug-likeness (QED) is 0.352. The second kappa shape index (κ2) is 8.73.